The third kappa shape index (κ3) is 3.91. The first-order valence-corrected chi connectivity index (χ1v) is 8.98. The zero-order valence-electron chi connectivity index (χ0n) is 14.8. The fourth-order valence-electron chi connectivity index (χ4n) is 3.22. The highest BCUT2D eigenvalue weighted by Crippen LogP contribution is 2.28. The number of amides is 4. The van der Waals surface area contributed by atoms with Crippen LogP contribution in [0.2, 0.25) is 0 Å². The molecule has 2 aliphatic rings. The number of hydrogen-bond acceptors (Lipinski definition) is 5. The van der Waals surface area contributed by atoms with Crippen molar-refractivity contribution in [1.82, 2.24) is 10.2 Å². The Bertz CT molecular complexity index is 865. The summed E-state index contributed by atoms with van der Waals surface area (Å²) in [7, 11) is 0. The van der Waals surface area contributed by atoms with Gasteiger partial charge in [0.2, 0.25) is 11.8 Å². The molecule has 7 nitrogen and oxygen atoms in total. The number of carbonyl (C=O) groups is 4. The second-order valence-corrected chi connectivity index (χ2v) is 6.54. The van der Waals surface area contributed by atoms with Gasteiger partial charge in [-0.3, -0.25) is 29.4 Å². The van der Waals surface area contributed by atoms with E-state index < -0.39 is 29.7 Å². The Balaban J connectivity index is 1.74. The molecule has 1 atom stereocenters. The number of hydrogen-bond donors (Lipinski definition) is 2. The summed E-state index contributed by atoms with van der Waals surface area (Å²) in [6, 6.07) is 3.84. The lowest BCUT2D eigenvalue weighted by Gasteiger charge is -2.27. The molecular weight excluding hydrogens is 348 g/mol. The molecule has 7 heteroatoms. The van der Waals surface area contributed by atoms with E-state index in [0.29, 0.717) is 12.0 Å². The first-order valence-electron chi connectivity index (χ1n) is 8.98. The predicted octanol–water partition coefficient (Wildman–Crippen LogP) is 0.992. The van der Waals surface area contributed by atoms with E-state index in [1.165, 1.54) is 0 Å². The second kappa shape index (κ2) is 8.14. The van der Waals surface area contributed by atoms with Crippen LogP contribution in [0.3, 0.4) is 0 Å². The van der Waals surface area contributed by atoms with Gasteiger partial charge in [-0.05, 0) is 37.5 Å². The number of rotatable bonds is 5. The van der Waals surface area contributed by atoms with Crippen LogP contribution in [0.1, 0.15) is 64.8 Å². The van der Waals surface area contributed by atoms with Crippen molar-refractivity contribution < 1.29 is 24.3 Å². The van der Waals surface area contributed by atoms with Crippen molar-refractivity contribution in [3.05, 3.63) is 34.9 Å². The Morgan fingerprint density at radius 1 is 1.07 bits per heavy atom. The predicted molar refractivity (Wildman–Crippen MR) is 95.5 cm³/mol. The highest BCUT2D eigenvalue weighted by Gasteiger charge is 2.44. The summed E-state index contributed by atoms with van der Waals surface area (Å²) in [6.07, 6.45) is 3.47. The zero-order valence-corrected chi connectivity index (χ0v) is 14.8. The van der Waals surface area contributed by atoms with Crippen molar-refractivity contribution in [2.45, 2.75) is 44.6 Å². The molecule has 1 aromatic rings. The van der Waals surface area contributed by atoms with Gasteiger partial charge in [0.15, 0.2) is 0 Å². The van der Waals surface area contributed by atoms with Gasteiger partial charge < -0.3 is 5.11 Å². The maximum atomic E-state index is 12.7. The highest BCUT2D eigenvalue weighted by molar-refractivity contribution is 6.23. The lowest BCUT2D eigenvalue weighted by Crippen LogP contribution is -2.54. The number of aliphatic hydroxyl groups is 1. The van der Waals surface area contributed by atoms with Gasteiger partial charge in [0.25, 0.3) is 11.8 Å². The Hall–Kier alpha value is -2.98. The number of imide groups is 2. The fourth-order valence-corrected chi connectivity index (χ4v) is 3.22. The molecule has 1 fully saturated rings. The van der Waals surface area contributed by atoms with Crippen molar-refractivity contribution in [2.24, 2.45) is 0 Å². The maximum absolute atomic E-state index is 12.7. The molecule has 2 N–H and O–H groups in total. The molecule has 0 aliphatic carbocycles. The van der Waals surface area contributed by atoms with Gasteiger partial charge in [-0.1, -0.05) is 18.3 Å². The molecule has 3 rings (SSSR count). The molecule has 0 bridgehead atoms. The number of fused-ring (bicyclic) bond motifs is 1. The van der Waals surface area contributed by atoms with Gasteiger partial charge in [0.05, 0.1) is 11.1 Å². The average Bonchev–Trinajstić information content (AvgIpc) is 2.89. The van der Waals surface area contributed by atoms with E-state index in [-0.39, 0.29) is 30.6 Å². The average molecular weight is 368 g/mol. The number of benzene rings is 1. The number of unbranched alkanes of at least 4 members (excludes halogenated alkanes) is 3. The molecule has 27 heavy (non-hydrogen) atoms. The summed E-state index contributed by atoms with van der Waals surface area (Å²) in [4.78, 5) is 49.6. The van der Waals surface area contributed by atoms with E-state index in [9.17, 15) is 19.2 Å². The van der Waals surface area contributed by atoms with Gasteiger partial charge in [-0.25, -0.2) is 0 Å². The van der Waals surface area contributed by atoms with Crippen LogP contribution in [0.5, 0.6) is 0 Å². The van der Waals surface area contributed by atoms with E-state index in [2.05, 4.69) is 17.2 Å². The molecule has 1 unspecified atom stereocenters. The lowest BCUT2D eigenvalue weighted by molar-refractivity contribution is -0.136. The Morgan fingerprint density at radius 2 is 1.85 bits per heavy atom. The van der Waals surface area contributed by atoms with Crippen LogP contribution in [-0.4, -0.2) is 46.3 Å². The fraction of sp³-hybridized carbons (Fsp3) is 0.400. The smallest absolute Gasteiger partial charge is 0.262 e. The van der Waals surface area contributed by atoms with Crippen LogP contribution in [0.4, 0.5) is 0 Å². The van der Waals surface area contributed by atoms with Crippen LogP contribution in [-0.2, 0) is 9.59 Å². The van der Waals surface area contributed by atoms with E-state index in [4.69, 9.17) is 5.11 Å². The summed E-state index contributed by atoms with van der Waals surface area (Å²) < 4.78 is 0. The van der Waals surface area contributed by atoms with Gasteiger partial charge in [0.1, 0.15) is 6.04 Å². The molecular formula is C20H20N2O5. The molecule has 1 saturated heterocycles. The Labute approximate surface area is 156 Å². The summed E-state index contributed by atoms with van der Waals surface area (Å²) >= 11 is 0. The van der Waals surface area contributed by atoms with Crippen LogP contribution < -0.4 is 5.32 Å². The first kappa shape index (κ1) is 18.8. The highest BCUT2D eigenvalue weighted by atomic mass is 16.3. The minimum atomic E-state index is -0.962. The number of carbonyl (C=O) groups excluding carboxylic acids is 4. The van der Waals surface area contributed by atoms with Gasteiger partial charge >= 0.3 is 0 Å². The molecule has 0 saturated carbocycles. The molecule has 0 aromatic heterocycles. The number of aliphatic hydroxyl groups excluding tert-OH is 1. The van der Waals surface area contributed by atoms with Crippen LogP contribution in [0.25, 0.3) is 0 Å². The molecule has 0 radical (unpaired) electrons. The topological polar surface area (TPSA) is 104 Å². The van der Waals surface area contributed by atoms with Crippen LogP contribution >= 0.6 is 0 Å². The largest absolute Gasteiger partial charge is 0.396 e. The molecule has 4 amide bonds. The quantitative estimate of drug-likeness (QED) is 0.458. The van der Waals surface area contributed by atoms with E-state index in [1.807, 2.05) is 0 Å². The first-order chi connectivity index (χ1) is 13.0. The van der Waals surface area contributed by atoms with Crippen molar-refractivity contribution in [2.75, 3.05) is 6.61 Å². The zero-order chi connectivity index (χ0) is 19.4. The molecule has 2 aliphatic heterocycles. The summed E-state index contributed by atoms with van der Waals surface area (Å²) in [6.45, 7) is 0.179. The normalized spacial score (nSPS) is 18.9. The van der Waals surface area contributed by atoms with Crippen molar-refractivity contribution >= 4 is 23.6 Å². The van der Waals surface area contributed by atoms with Crippen molar-refractivity contribution in [3.63, 3.8) is 0 Å². The minimum Gasteiger partial charge on any atom is -0.396 e. The van der Waals surface area contributed by atoms with Crippen LogP contribution in [0.15, 0.2) is 18.2 Å². The van der Waals surface area contributed by atoms with Gasteiger partial charge in [0, 0.05) is 25.0 Å². The number of piperidine rings is 1. The van der Waals surface area contributed by atoms with E-state index in [1.54, 1.807) is 18.2 Å². The van der Waals surface area contributed by atoms with Gasteiger partial charge in [-0.2, -0.15) is 0 Å². The maximum Gasteiger partial charge on any atom is 0.262 e. The SMILES string of the molecule is O=C1CCC(N2C(=O)c3ccc(C#CCCCCCO)cc3C2=O)C(=O)N1. The molecule has 2 heterocycles. The summed E-state index contributed by atoms with van der Waals surface area (Å²) in [5, 5.41) is 10.9. The molecule has 1 aromatic carbocycles. The monoisotopic (exact) mass is 368 g/mol. The van der Waals surface area contributed by atoms with Crippen molar-refractivity contribution in [1.29, 1.82) is 0 Å². The third-order valence-electron chi connectivity index (χ3n) is 4.63. The standard InChI is InChI=1S/C20H20N2O5/c23-11-5-3-1-2-4-6-13-7-8-14-15(12-13)20(27)22(19(14)26)16-9-10-17(24)21-18(16)25/h7-8,12,16,23H,1-3,5,9-11H2,(H,21,24,25). The number of nitrogens with one attached hydrogen (secondary N) is 1. The lowest BCUT2D eigenvalue weighted by atomic mass is 10.0. The Morgan fingerprint density at radius 3 is 2.59 bits per heavy atom. The number of nitrogens with zero attached hydrogens (tertiary/aromatic N) is 1. The Kier molecular flexibility index (Phi) is 5.67. The van der Waals surface area contributed by atoms with E-state index in [0.717, 1.165) is 24.2 Å². The van der Waals surface area contributed by atoms with Gasteiger partial charge in [-0.15, -0.1) is 0 Å². The minimum absolute atomic E-state index is 0.0941. The third-order valence-corrected chi connectivity index (χ3v) is 4.63. The van der Waals surface area contributed by atoms with E-state index >= 15 is 0 Å². The molecule has 0 spiro atoms. The summed E-state index contributed by atoms with van der Waals surface area (Å²) in [5.74, 6) is 3.93. The second-order valence-electron chi connectivity index (χ2n) is 6.54. The molecule has 140 valence electrons. The summed E-state index contributed by atoms with van der Waals surface area (Å²) in [5.41, 5.74) is 1.11. The van der Waals surface area contributed by atoms with Crippen molar-refractivity contribution in [3.8, 4) is 11.8 Å². The van der Waals surface area contributed by atoms with Crippen LogP contribution in [0, 0.1) is 11.8 Å².